The van der Waals surface area contributed by atoms with Gasteiger partial charge in [-0.2, -0.15) is 0 Å². The number of halogens is 2. The van der Waals surface area contributed by atoms with Crippen LogP contribution in [-0.4, -0.2) is 72.0 Å². The van der Waals surface area contributed by atoms with Crippen molar-refractivity contribution in [3.05, 3.63) is 40.5 Å². The maximum Gasteiger partial charge on any atom is 0.414 e. The Morgan fingerprint density at radius 3 is 2.36 bits per heavy atom. The van der Waals surface area contributed by atoms with E-state index in [-0.39, 0.29) is 18.4 Å². The molecule has 2 saturated heterocycles. The number of pyridine rings is 1. The quantitative estimate of drug-likeness (QED) is 0.336. The average Bonchev–Trinajstić information content (AvgIpc) is 2.96. The van der Waals surface area contributed by atoms with Crippen LogP contribution in [0.5, 0.6) is 0 Å². The van der Waals surface area contributed by atoms with E-state index in [0.717, 1.165) is 12.8 Å². The third-order valence-electron chi connectivity index (χ3n) is 7.49. The zero-order chi connectivity index (χ0) is 32.9. The van der Waals surface area contributed by atoms with Gasteiger partial charge in [0.2, 0.25) is 5.91 Å². The van der Waals surface area contributed by atoms with Crippen LogP contribution < -0.4 is 10.2 Å². The molecule has 0 bridgehead atoms. The molecule has 246 valence electrons. The minimum atomic E-state index is -0.696. The van der Waals surface area contributed by atoms with Gasteiger partial charge in [-0.25, -0.2) is 14.6 Å². The Morgan fingerprint density at radius 1 is 1.00 bits per heavy atom. The summed E-state index contributed by atoms with van der Waals surface area (Å²) in [6, 6.07) is 7.02. The predicted octanol–water partition coefficient (Wildman–Crippen LogP) is 7.81. The van der Waals surface area contributed by atoms with Gasteiger partial charge in [0.15, 0.2) is 0 Å². The van der Waals surface area contributed by atoms with Crippen molar-refractivity contribution in [3.63, 3.8) is 0 Å². The molecule has 1 atom stereocenters. The molecule has 1 N–H and O–H groups in total. The topological polar surface area (TPSA) is 110 Å². The van der Waals surface area contributed by atoms with Crippen molar-refractivity contribution in [1.29, 1.82) is 0 Å². The fourth-order valence-electron chi connectivity index (χ4n) is 5.30. The number of hydrogen-bond acceptors (Lipinski definition) is 7. The minimum Gasteiger partial charge on any atom is -0.444 e. The number of amides is 3. The van der Waals surface area contributed by atoms with Gasteiger partial charge in [-0.1, -0.05) is 29.3 Å². The monoisotopic (exact) mass is 662 g/mol. The van der Waals surface area contributed by atoms with Crippen molar-refractivity contribution in [2.45, 2.75) is 78.4 Å². The van der Waals surface area contributed by atoms with Gasteiger partial charge in [0.25, 0.3) is 0 Å². The fourth-order valence-corrected chi connectivity index (χ4v) is 5.73. The zero-order valence-corrected chi connectivity index (χ0v) is 28.5. The van der Waals surface area contributed by atoms with E-state index in [9.17, 15) is 14.4 Å². The highest BCUT2D eigenvalue weighted by atomic mass is 35.5. The molecule has 1 unspecified atom stereocenters. The van der Waals surface area contributed by atoms with E-state index in [0.29, 0.717) is 71.8 Å². The summed E-state index contributed by atoms with van der Waals surface area (Å²) < 4.78 is 16.8. The molecular weight excluding hydrogens is 619 g/mol. The lowest BCUT2D eigenvalue weighted by molar-refractivity contribution is -0.121. The Labute approximate surface area is 275 Å². The highest BCUT2D eigenvalue weighted by Gasteiger charge is 2.32. The molecule has 2 aromatic rings. The molecule has 0 radical (unpaired) electrons. The van der Waals surface area contributed by atoms with E-state index in [1.807, 2.05) is 41.5 Å². The van der Waals surface area contributed by atoms with Crippen molar-refractivity contribution in [1.82, 2.24) is 9.88 Å². The molecule has 0 spiro atoms. The van der Waals surface area contributed by atoms with Crippen LogP contribution in [0.4, 0.5) is 21.1 Å². The zero-order valence-electron chi connectivity index (χ0n) is 27.0. The Hall–Kier alpha value is -3.08. The van der Waals surface area contributed by atoms with Crippen molar-refractivity contribution >= 4 is 52.8 Å². The van der Waals surface area contributed by atoms with Gasteiger partial charge in [0.05, 0.1) is 21.7 Å². The largest absolute Gasteiger partial charge is 0.444 e. The number of hydrogen-bond donors (Lipinski definition) is 1. The third-order valence-corrected chi connectivity index (χ3v) is 8.11. The van der Waals surface area contributed by atoms with Gasteiger partial charge in [0.1, 0.15) is 17.0 Å². The summed E-state index contributed by atoms with van der Waals surface area (Å²) in [7, 11) is 0. The van der Waals surface area contributed by atoms with E-state index in [1.165, 1.54) is 6.20 Å². The number of nitrogens with one attached hydrogen (secondary N) is 1. The van der Waals surface area contributed by atoms with Crippen LogP contribution in [0.25, 0.3) is 11.1 Å². The number of ether oxygens (including phenoxy) is 3. The average molecular weight is 664 g/mol. The van der Waals surface area contributed by atoms with Gasteiger partial charge in [-0.3, -0.25) is 9.69 Å². The minimum absolute atomic E-state index is 0.225. The third kappa shape index (κ3) is 9.95. The standard InChI is InChI=1S/C33H44Cl2N4O6/c1-32(2,3)44-30(41)38-13-7-8-23(20-38)29(40)37-28-17-24(26(35)18-36-28)22-9-10-25(34)27(16-22)39(31(42)45-33(4,5)6)19-21-11-14-43-15-12-21/h9-10,16-18,21,23H,7-8,11-15,19-20H2,1-6H3,(H,36,37,40). The van der Waals surface area contributed by atoms with Crippen LogP contribution in [0.15, 0.2) is 30.5 Å². The van der Waals surface area contributed by atoms with Crippen molar-refractivity contribution in [3.8, 4) is 11.1 Å². The number of likely N-dealkylation sites (tertiary alicyclic amines) is 1. The first-order valence-corrected chi connectivity index (χ1v) is 16.2. The fraction of sp³-hybridized carbons (Fsp3) is 0.576. The molecular formula is C33H44Cl2N4O6. The lowest BCUT2D eigenvalue weighted by Crippen LogP contribution is -2.45. The summed E-state index contributed by atoms with van der Waals surface area (Å²) in [5, 5.41) is 3.65. The SMILES string of the molecule is CC(C)(C)OC(=O)N1CCCC(C(=O)Nc2cc(-c3ccc(Cl)c(N(CC4CCOCC4)C(=O)OC(C)(C)C)c3)c(Cl)cn2)C1. The van der Waals surface area contributed by atoms with Gasteiger partial charge < -0.3 is 24.4 Å². The van der Waals surface area contributed by atoms with Crippen LogP contribution in [-0.2, 0) is 19.0 Å². The summed E-state index contributed by atoms with van der Waals surface area (Å²) in [5.74, 6) is -0.116. The molecule has 1 aromatic carbocycles. The molecule has 3 heterocycles. The molecule has 0 saturated carbocycles. The van der Waals surface area contributed by atoms with Gasteiger partial charge in [0, 0.05) is 44.6 Å². The summed E-state index contributed by atoms with van der Waals surface area (Å²) in [6.45, 7) is 13.4. The molecule has 10 nitrogen and oxygen atoms in total. The Bertz CT molecular complexity index is 1380. The predicted molar refractivity (Wildman–Crippen MR) is 176 cm³/mol. The van der Waals surface area contributed by atoms with Crippen LogP contribution in [0.2, 0.25) is 10.0 Å². The van der Waals surface area contributed by atoms with E-state index >= 15 is 0 Å². The summed E-state index contributed by atoms with van der Waals surface area (Å²) in [5.41, 5.74) is 0.476. The molecule has 4 rings (SSSR count). The number of piperidine rings is 1. The Morgan fingerprint density at radius 2 is 1.69 bits per heavy atom. The second-order valence-electron chi connectivity index (χ2n) is 13.6. The second kappa shape index (κ2) is 14.6. The number of benzene rings is 1. The van der Waals surface area contributed by atoms with Crippen molar-refractivity contribution < 1.29 is 28.6 Å². The van der Waals surface area contributed by atoms with E-state index in [4.69, 9.17) is 37.4 Å². The van der Waals surface area contributed by atoms with Crippen LogP contribution >= 0.6 is 23.2 Å². The van der Waals surface area contributed by atoms with Gasteiger partial charge in [-0.15, -0.1) is 0 Å². The number of aromatic nitrogens is 1. The maximum absolute atomic E-state index is 13.5. The normalized spacial score (nSPS) is 17.9. The summed E-state index contributed by atoms with van der Waals surface area (Å²) >= 11 is 13.3. The van der Waals surface area contributed by atoms with Gasteiger partial charge >= 0.3 is 12.2 Å². The molecule has 2 aliphatic rings. The lowest BCUT2D eigenvalue weighted by Gasteiger charge is -2.33. The Kier molecular flexibility index (Phi) is 11.3. The van der Waals surface area contributed by atoms with Gasteiger partial charge in [-0.05, 0) is 96.9 Å². The molecule has 45 heavy (non-hydrogen) atoms. The summed E-state index contributed by atoms with van der Waals surface area (Å²) in [6.07, 6.45) is 3.53. The smallest absolute Gasteiger partial charge is 0.414 e. The highest BCUT2D eigenvalue weighted by molar-refractivity contribution is 6.34. The Balaban J connectivity index is 1.56. The van der Waals surface area contributed by atoms with E-state index in [1.54, 1.807) is 34.1 Å². The molecule has 12 heteroatoms. The first-order chi connectivity index (χ1) is 21.1. The van der Waals surface area contributed by atoms with Crippen LogP contribution in [0.1, 0.15) is 67.2 Å². The molecule has 1 aromatic heterocycles. The first-order valence-electron chi connectivity index (χ1n) is 15.4. The van der Waals surface area contributed by atoms with E-state index < -0.39 is 29.3 Å². The van der Waals surface area contributed by atoms with Crippen molar-refractivity contribution in [2.24, 2.45) is 11.8 Å². The number of carbonyl (C=O) groups is 3. The highest BCUT2D eigenvalue weighted by Crippen LogP contribution is 2.37. The second-order valence-corrected chi connectivity index (χ2v) is 14.4. The van der Waals surface area contributed by atoms with Crippen LogP contribution in [0.3, 0.4) is 0 Å². The molecule has 3 amide bonds. The number of rotatable bonds is 6. The van der Waals surface area contributed by atoms with Crippen LogP contribution in [0, 0.1) is 11.8 Å². The lowest BCUT2D eigenvalue weighted by atomic mass is 9.97. The van der Waals surface area contributed by atoms with E-state index in [2.05, 4.69) is 10.3 Å². The number of carbonyl (C=O) groups excluding carboxylic acids is 3. The maximum atomic E-state index is 13.5. The number of anilines is 2. The first kappa shape index (κ1) is 34.8. The summed E-state index contributed by atoms with van der Waals surface area (Å²) in [4.78, 5) is 46.8. The molecule has 2 fully saturated rings. The molecule has 2 aliphatic heterocycles. The molecule has 0 aliphatic carbocycles. The number of nitrogens with zero attached hydrogens (tertiary/aromatic N) is 3. The van der Waals surface area contributed by atoms with Crippen molar-refractivity contribution in [2.75, 3.05) is 43.1 Å².